The van der Waals surface area contributed by atoms with Gasteiger partial charge in [-0.2, -0.15) is 0 Å². The van der Waals surface area contributed by atoms with Crippen molar-refractivity contribution in [3.05, 3.63) is 0 Å². The molecule has 0 spiro atoms. The zero-order chi connectivity index (χ0) is 22.1. The van der Waals surface area contributed by atoms with Gasteiger partial charge in [0.15, 0.2) is 24.6 Å². The van der Waals surface area contributed by atoms with Crippen LogP contribution >= 0.6 is 0 Å². The number of rotatable bonds is 10. The van der Waals surface area contributed by atoms with Crippen molar-refractivity contribution in [3.63, 3.8) is 0 Å². The van der Waals surface area contributed by atoms with Gasteiger partial charge in [-0.05, 0) is 6.42 Å². The first-order valence-electron chi connectivity index (χ1n) is 9.67. The second-order valence-corrected chi connectivity index (χ2v) is 6.68. The number of ether oxygens (including phenoxy) is 5. The molecule has 0 saturated carbocycles. The van der Waals surface area contributed by atoms with E-state index in [1.165, 1.54) is 14.0 Å². The number of carbonyl (C=O) groups is 4. The molecule has 1 heterocycles. The second kappa shape index (κ2) is 11.7. The lowest BCUT2D eigenvalue weighted by atomic mass is 9.91. The van der Waals surface area contributed by atoms with Crippen molar-refractivity contribution >= 4 is 23.9 Å². The molecule has 0 amide bonds. The molecule has 29 heavy (non-hydrogen) atoms. The zero-order valence-corrected chi connectivity index (χ0v) is 17.4. The number of carboxylic acids is 1. The van der Waals surface area contributed by atoms with E-state index in [-0.39, 0.29) is 25.7 Å². The number of esters is 3. The summed E-state index contributed by atoms with van der Waals surface area (Å²) in [6.45, 7) is 6.23. The first-order chi connectivity index (χ1) is 13.7. The van der Waals surface area contributed by atoms with Crippen LogP contribution in [0.15, 0.2) is 0 Å². The Balaban J connectivity index is 3.33. The highest BCUT2D eigenvalue weighted by molar-refractivity contribution is 5.71. The number of methoxy groups -OCH3 is 1. The molecule has 0 aromatic carbocycles. The summed E-state index contributed by atoms with van der Waals surface area (Å²) in [5, 5.41) is 9.25. The van der Waals surface area contributed by atoms with E-state index in [2.05, 4.69) is 0 Å². The van der Waals surface area contributed by atoms with E-state index in [0.717, 1.165) is 0 Å². The molecule has 1 unspecified atom stereocenters. The van der Waals surface area contributed by atoms with Crippen molar-refractivity contribution in [2.45, 2.75) is 84.1 Å². The third-order valence-corrected chi connectivity index (χ3v) is 4.50. The van der Waals surface area contributed by atoms with Crippen LogP contribution in [0.2, 0.25) is 0 Å². The first kappa shape index (κ1) is 24.8. The Hall–Kier alpha value is -2.20. The topological polar surface area (TPSA) is 135 Å². The fraction of sp³-hybridized carbons (Fsp3) is 0.789. The fourth-order valence-electron chi connectivity index (χ4n) is 2.81. The lowest BCUT2D eigenvalue weighted by molar-refractivity contribution is -0.300. The maximum absolute atomic E-state index is 12.0. The van der Waals surface area contributed by atoms with Crippen molar-refractivity contribution in [2.75, 3.05) is 7.11 Å². The molecule has 0 aromatic rings. The van der Waals surface area contributed by atoms with Crippen molar-refractivity contribution in [2.24, 2.45) is 5.92 Å². The smallest absolute Gasteiger partial charge is 0.306 e. The van der Waals surface area contributed by atoms with Crippen LogP contribution in [0.1, 0.15) is 53.4 Å². The first-order valence-corrected chi connectivity index (χ1v) is 9.67. The maximum Gasteiger partial charge on any atom is 0.306 e. The molecule has 1 N–H and O–H groups in total. The fourth-order valence-corrected chi connectivity index (χ4v) is 2.81. The molecule has 0 bridgehead atoms. The number of hydrogen-bond donors (Lipinski definition) is 1. The average Bonchev–Trinajstić information content (AvgIpc) is 2.70. The second-order valence-electron chi connectivity index (χ2n) is 6.68. The molecule has 10 nitrogen and oxygen atoms in total. The molecule has 6 atom stereocenters. The minimum atomic E-state index is -1.21. The summed E-state index contributed by atoms with van der Waals surface area (Å²) in [6.07, 6.45) is -5.55. The Kier molecular flexibility index (Phi) is 10.0. The normalized spacial score (nSPS) is 27.6. The van der Waals surface area contributed by atoms with Gasteiger partial charge < -0.3 is 28.8 Å². The Morgan fingerprint density at radius 2 is 1.31 bits per heavy atom. The van der Waals surface area contributed by atoms with E-state index in [9.17, 15) is 24.3 Å². The van der Waals surface area contributed by atoms with Gasteiger partial charge in [0.25, 0.3) is 0 Å². The standard InChI is InChI=1S/C19H30O10/c1-6-12(20)27-15-11(9-10(4)18(23)24)26-19(25-5)17(29-14(22)8-3)16(15)28-13(21)7-2/h10-11,15-17,19H,6-9H2,1-5H3,(H,23,24)/t10?,11-,15-,16+,17+,19+/m1/s1. The molecule has 0 aliphatic carbocycles. The predicted octanol–water partition coefficient (Wildman–Crippen LogP) is 1.43. The summed E-state index contributed by atoms with van der Waals surface area (Å²) in [6, 6.07) is 0. The molecular formula is C19H30O10. The minimum absolute atomic E-state index is 0.0358. The molecule has 1 saturated heterocycles. The van der Waals surface area contributed by atoms with Crippen LogP contribution in [0.25, 0.3) is 0 Å². The van der Waals surface area contributed by atoms with Gasteiger partial charge in [0.1, 0.15) is 6.10 Å². The highest BCUT2D eigenvalue weighted by Crippen LogP contribution is 2.32. The maximum atomic E-state index is 12.0. The van der Waals surface area contributed by atoms with Crippen molar-refractivity contribution in [1.82, 2.24) is 0 Å². The molecule has 0 aromatic heterocycles. The number of aliphatic carboxylic acids is 1. The van der Waals surface area contributed by atoms with Crippen LogP contribution in [0.4, 0.5) is 0 Å². The molecule has 1 aliphatic heterocycles. The van der Waals surface area contributed by atoms with Crippen LogP contribution < -0.4 is 0 Å². The van der Waals surface area contributed by atoms with Crippen molar-refractivity contribution in [3.8, 4) is 0 Å². The molecule has 1 aliphatic rings. The molecule has 166 valence electrons. The number of carboxylic acid groups (broad SMARTS) is 1. The Morgan fingerprint density at radius 3 is 1.72 bits per heavy atom. The summed E-state index contributed by atoms with van der Waals surface area (Å²) in [7, 11) is 1.31. The monoisotopic (exact) mass is 418 g/mol. The third kappa shape index (κ3) is 6.97. The third-order valence-electron chi connectivity index (χ3n) is 4.50. The van der Waals surface area contributed by atoms with Gasteiger partial charge in [0.05, 0.1) is 5.92 Å². The minimum Gasteiger partial charge on any atom is -0.481 e. The molecule has 0 radical (unpaired) electrons. The van der Waals surface area contributed by atoms with E-state index in [1.54, 1.807) is 20.8 Å². The van der Waals surface area contributed by atoms with E-state index in [4.69, 9.17) is 23.7 Å². The Morgan fingerprint density at radius 1 is 0.862 bits per heavy atom. The van der Waals surface area contributed by atoms with Crippen LogP contribution in [-0.4, -0.2) is 66.8 Å². The number of hydrogen-bond acceptors (Lipinski definition) is 9. The zero-order valence-electron chi connectivity index (χ0n) is 17.4. The summed E-state index contributed by atoms with van der Waals surface area (Å²) in [5.74, 6) is -3.69. The van der Waals surface area contributed by atoms with Gasteiger partial charge in [-0.25, -0.2) is 0 Å². The van der Waals surface area contributed by atoms with Crippen LogP contribution in [0.5, 0.6) is 0 Å². The molecular weight excluding hydrogens is 388 g/mol. The van der Waals surface area contributed by atoms with E-state index >= 15 is 0 Å². The van der Waals surface area contributed by atoms with Crippen molar-refractivity contribution in [1.29, 1.82) is 0 Å². The lowest BCUT2D eigenvalue weighted by Gasteiger charge is -2.44. The summed E-state index contributed by atoms with van der Waals surface area (Å²) in [4.78, 5) is 47.3. The molecule has 1 rings (SSSR count). The van der Waals surface area contributed by atoms with Gasteiger partial charge in [0.2, 0.25) is 0 Å². The summed E-state index contributed by atoms with van der Waals surface area (Å²) in [5.41, 5.74) is 0. The van der Waals surface area contributed by atoms with Crippen LogP contribution in [-0.2, 0) is 42.9 Å². The summed E-state index contributed by atoms with van der Waals surface area (Å²) < 4.78 is 27.3. The quantitative estimate of drug-likeness (QED) is 0.410. The van der Waals surface area contributed by atoms with Gasteiger partial charge >= 0.3 is 23.9 Å². The Labute approximate surface area is 169 Å². The van der Waals surface area contributed by atoms with Crippen LogP contribution in [0.3, 0.4) is 0 Å². The van der Waals surface area contributed by atoms with Crippen LogP contribution in [0, 0.1) is 5.92 Å². The largest absolute Gasteiger partial charge is 0.481 e. The lowest BCUT2D eigenvalue weighted by Crippen LogP contribution is -2.62. The van der Waals surface area contributed by atoms with Gasteiger partial charge in [0, 0.05) is 26.4 Å². The SMILES string of the molecule is CCC(=O)O[C@@H]1[C@H](OC(=O)CC)[C@@H](OC)O[C@H](CC(C)C(=O)O)[C@H]1OC(=O)CC. The number of carbonyl (C=O) groups excluding carboxylic acids is 3. The predicted molar refractivity (Wildman–Crippen MR) is 97.6 cm³/mol. The highest BCUT2D eigenvalue weighted by Gasteiger charge is 2.52. The molecule has 10 heteroatoms. The Bertz CT molecular complexity index is 590. The average molecular weight is 418 g/mol. The highest BCUT2D eigenvalue weighted by atomic mass is 16.7. The van der Waals surface area contributed by atoms with Gasteiger partial charge in [-0.1, -0.05) is 27.7 Å². The van der Waals surface area contributed by atoms with Gasteiger partial charge in [-0.15, -0.1) is 0 Å². The van der Waals surface area contributed by atoms with E-state index in [1.807, 2.05) is 0 Å². The molecule has 1 fully saturated rings. The summed E-state index contributed by atoms with van der Waals surface area (Å²) >= 11 is 0. The van der Waals surface area contributed by atoms with Crippen molar-refractivity contribution < 1.29 is 48.0 Å². The van der Waals surface area contributed by atoms with E-state index < -0.39 is 60.5 Å². The van der Waals surface area contributed by atoms with E-state index in [0.29, 0.717) is 0 Å². The van der Waals surface area contributed by atoms with Gasteiger partial charge in [-0.3, -0.25) is 19.2 Å².